The molecule has 25 heavy (non-hydrogen) atoms. The van der Waals surface area contributed by atoms with Gasteiger partial charge < -0.3 is 19.9 Å². The van der Waals surface area contributed by atoms with Crippen molar-refractivity contribution in [1.29, 1.82) is 0 Å². The number of halogens is 1. The first-order chi connectivity index (χ1) is 11.8. The van der Waals surface area contributed by atoms with Gasteiger partial charge in [0.25, 0.3) is 0 Å². The summed E-state index contributed by atoms with van der Waals surface area (Å²) in [7, 11) is 1.55. The molecule has 0 radical (unpaired) electrons. The molecule has 1 atom stereocenters. The third kappa shape index (κ3) is 3.24. The van der Waals surface area contributed by atoms with Crippen LogP contribution in [0.25, 0.3) is 11.1 Å². The molecule has 5 nitrogen and oxygen atoms in total. The summed E-state index contributed by atoms with van der Waals surface area (Å²) in [5.41, 5.74) is 6.18. The zero-order chi connectivity index (χ0) is 18.2. The van der Waals surface area contributed by atoms with Gasteiger partial charge in [-0.3, -0.25) is 0 Å². The summed E-state index contributed by atoms with van der Waals surface area (Å²) in [4.78, 5) is 11.3. The van der Waals surface area contributed by atoms with Gasteiger partial charge >= 0.3 is 6.09 Å². The van der Waals surface area contributed by atoms with Crippen LogP contribution in [0.3, 0.4) is 0 Å². The summed E-state index contributed by atoms with van der Waals surface area (Å²) in [6, 6.07) is 10.1. The van der Waals surface area contributed by atoms with Crippen molar-refractivity contribution < 1.29 is 23.4 Å². The number of hydrogen-bond donors (Lipinski definition) is 1. The number of amides is 1. The Morgan fingerprint density at radius 3 is 2.76 bits per heavy atom. The highest BCUT2D eigenvalue weighted by molar-refractivity contribution is 5.69. The molecule has 0 spiro atoms. The minimum Gasteiger partial charge on any atom is -0.497 e. The fourth-order valence-corrected chi connectivity index (χ4v) is 3.01. The van der Waals surface area contributed by atoms with Crippen molar-refractivity contribution in [2.24, 2.45) is 11.1 Å². The van der Waals surface area contributed by atoms with Crippen LogP contribution in [0.5, 0.6) is 11.5 Å². The Morgan fingerprint density at radius 1 is 1.32 bits per heavy atom. The lowest BCUT2D eigenvalue weighted by molar-refractivity contribution is -0.0178. The van der Waals surface area contributed by atoms with Gasteiger partial charge in [-0.1, -0.05) is 26.0 Å². The maximum Gasteiger partial charge on any atom is 0.405 e. The maximum absolute atomic E-state index is 14.8. The van der Waals surface area contributed by atoms with Gasteiger partial charge in [-0.25, -0.2) is 9.18 Å². The van der Waals surface area contributed by atoms with Crippen molar-refractivity contribution in [2.75, 3.05) is 13.7 Å². The average Bonchev–Trinajstić information content (AvgIpc) is 2.57. The van der Waals surface area contributed by atoms with Crippen LogP contribution in [-0.4, -0.2) is 19.8 Å². The number of hydrogen-bond acceptors (Lipinski definition) is 4. The highest BCUT2D eigenvalue weighted by Crippen LogP contribution is 2.47. The smallest absolute Gasteiger partial charge is 0.405 e. The molecule has 1 amide bonds. The normalized spacial score (nSPS) is 18.0. The highest BCUT2D eigenvalue weighted by Gasteiger charge is 2.41. The fourth-order valence-electron chi connectivity index (χ4n) is 3.01. The van der Waals surface area contributed by atoms with E-state index in [4.69, 9.17) is 19.9 Å². The van der Waals surface area contributed by atoms with Crippen LogP contribution in [0.1, 0.15) is 25.5 Å². The largest absolute Gasteiger partial charge is 0.497 e. The van der Waals surface area contributed by atoms with Gasteiger partial charge in [-0.15, -0.1) is 0 Å². The standard InChI is InChI=1S/C19H20FNO4/c1-19(2)10-24-16-9-13(11-5-4-6-12(7-11)23-3)15(20)8-14(16)17(19)25-18(21)22/h4-9,17H,10H2,1-3H3,(H2,21,22). The van der Waals surface area contributed by atoms with Crippen molar-refractivity contribution >= 4 is 6.09 Å². The molecule has 132 valence electrons. The lowest BCUT2D eigenvalue weighted by Gasteiger charge is -2.38. The Balaban J connectivity index is 2.08. The van der Waals surface area contributed by atoms with Gasteiger partial charge in [0.05, 0.1) is 13.7 Å². The first kappa shape index (κ1) is 17.1. The zero-order valence-electron chi connectivity index (χ0n) is 14.3. The molecule has 3 rings (SSSR count). The number of methoxy groups -OCH3 is 1. The molecule has 2 N–H and O–H groups in total. The third-order valence-electron chi connectivity index (χ3n) is 4.31. The van der Waals surface area contributed by atoms with Crippen LogP contribution in [0, 0.1) is 11.2 Å². The number of primary amides is 1. The van der Waals surface area contributed by atoms with E-state index in [0.717, 1.165) is 0 Å². The van der Waals surface area contributed by atoms with Gasteiger partial charge in [0.1, 0.15) is 23.4 Å². The molecule has 0 saturated carbocycles. The molecule has 0 saturated heterocycles. The number of carbonyl (C=O) groups is 1. The van der Waals surface area contributed by atoms with E-state index in [9.17, 15) is 9.18 Å². The molecule has 0 fully saturated rings. The van der Waals surface area contributed by atoms with Gasteiger partial charge in [-0.05, 0) is 29.8 Å². The molecule has 1 unspecified atom stereocenters. The first-order valence-electron chi connectivity index (χ1n) is 7.88. The molecule has 0 bridgehead atoms. The van der Waals surface area contributed by atoms with E-state index in [0.29, 0.717) is 34.8 Å². The predicted octanol–water partition coefficient (Wildman–Crippen LogP) is 4.06. The predicted molar refractivity (Wildman–Crippen MR) is 91.1 cm³/mol. The van der Waals surface area contributed by atoms with Crippen LogP contribution >= 0.6 is 0 Å². The lowest BCUT2D eigenvalue weighted by Crippen LogP contribution is -2.37. The molecule has 0 aliphatic carbocycles. The maximum atomic E-state index is 14.8. The molecule has 6 heteroatoms. The molecular formula is C19H20FNO4. The Morgan fingerprint density at radius 2 is 2.08 bits per heavy atom. The van der Waals surface area contributed by atoms with E-state index in [1.165, 1.54) is 6.07 Å². The van der Waals surface area contributed by atoms with E-state index in [-0.39, 0.29) is 0 Å². The minimum absolute atomic E-state index is 0.321. The SMILES string of the molecule is COc1cccc(-c2cc3c(cc2F)C(OC(N)=O)C(C)(C)CO3)c1. The van der Waals surface area contributed by atoms with Crippen molar-refractivity contribution in [3.8, 4) is 22.6 Å². The molecule has 2 aromatic carbocycles. The summed E-state index contributed by atoms with van der Waals surface area (Å²) < 4.78 is 31.0. The summed E-state index contributed by atoms with van der Waals surface area (Å²) in [6.45, 7) is 4.07. The molecule has 1 heterocycles. The zero-order valence-corrected chi connectivity index (χ0v) is 14.3. The van der Waals surface area contributed by atoms with Crippen molar-refractivity contribution in [3.63, 3.8) is 0 Å². The van der Waals surface area contributed by atoms with E-state index < -0.39 is 23.4 Å². The number of rotatable bonds is 3. The van der Waals surface area contributed by atoms with Gasteiger partial charge in [0.2, 0.25) is 0 Å². The number of carbonyl (C=O) groups excluding carboxylic acids is 1. The van der Waals surface area contributed by atoms with Gasteiger partial charge in [0, 0.05) is 16.5 Å². The Hall–Kier alpha value is -2.76. The number of benzene rings is 2. The van der Waals surface area contributed by atoms with E-state index in [2.05, 4.69) is 0 Å². The van der Waals surface area contributed by atoms with Crippen molar-refractivity contribution in [1.82, 2.24) is 0 Å². The molecule has 1 aliphatic heterocycles. The summed E-state index contributed by atoms with van der Waals surface area (Å²) >= 11 is 0. The van der Waals surface area contributed by atoms with E-state index in [1.54, 1.807) is 37.4 Å². The Kier molecular flexibility index (Phi) is 4.29. The van der Waals surface area contributed by atoms with Gasteiger partial charge in [0.15, 0.2) is 0 Å². The van der Waals surface area contributed by atoms with Crippen molar-refractivity contribution in [3.05, 3.63) is 47.8 Å². The molecule has 1 aliphatic rings. The quantitative estimate of drug-likeness (QED) is 0.911. The fraction of sp³-hybridized carbons (Fsp3) is 0.316. The number of fused-ring (bicyclic) bond motifs is 1. The summed E-state index contributed by atoms with van der Waals surface area (Å²) in [5.74, 6) is 0.669. The first-order valence-corrected chi connectivity index (χ1v) is 7.88. The lowest BCUT2D eigenvalue weighted by atomic mass is 9.80. The summed E-state index contributed by atoms with van der Waals surface area (Å²) in [6.07, 6.45) is -1.58. The second kappa shape index (κ2) is 6.27. The topological polar surface area (TPSA) is 70.8 Å². The second-order valence-corrected chi connectivity index (χ2v) is 6.70. The number of nitrogens with two attached hydrogens (primary N) is 1. The highest BCUT2D eigenvalue weighted by atomic mass is 19.1. The van der Waals surface area contributed by atoms with Crippen LogP contribution < -0.4 is 15.2 Å². The van der Waals surface area contributed by atoms with Crippen LogP contribution in [0.2, 0.25) is 0 Å². The van der Waals surface area contributed by atoms with Crippen molar-refractivity contribution in [2.45, 2.75) is 20.0 Å². The Bertz CT molecular complexity index is 819. The van der Waals surface area contributed by atoms with Crippen LogP contribution in [0.4, 0.5) is 9.18 Å². The molecular weight excluding hydrogens is 325 g/mol. The monoisotopic (exact) mass is 345 g/mol. The van der Waals surface area contributed by atoms with Gasteiger partial charge in [-0.2, -0.15) is 0 Å². The second-order valence-electron chi connectivity index (χ2n) is 6.70. The van der Waals surface area contributed by atoms with E-state index in [1.807, 2.05) is 13.8 Å². The number of ether oxygens (including phenoxy) is 3. The average molecular weight is 345 g/mol. The van der Waals surface area contributed by atoms with E-state index >= 15 is 0 Å². The Labute approximate surface area is 145 Å². The van der Waals surface area contributed by atoms with Crippen LogP contribution in [-0.2, 0) is 4.74 Å². The van der Waals surface area contributed by atoms with Crippen LogP contribution in [0.15, 0.2) is 36.4 Å². The molecule has 0 aromatic heterocycles. The summed E-state index contributed by atoms with van der Waals surface area (Å²) in [5, 5.41) is 0. The third-order valence-corrected chi connectivity index (χ3v) is 4.31. The molecule has 2 aromatic rings. The minimum atomic E-state index is -0.900.